The van der Waals surface area contributed by atoms with Crippen molar-refractivity contribution in [3.8, 4) is 0 Å². The Labute approximate surface area is 145 Å². The van der Waals surface area contributed by atoms with Gasteiger partial charge >= 0.3 is 144 Å². The van der Waals surface area contributed by atoms with Crippen molar-refractivity contribution in [2.45, 2.75) is 51.0 Å². The maximum absolute atomic E-state index is 13.8. The van der Waals surface area contributed by atoms with Gasteiger partial charge in [0.1, 0.15) is 0 Å². The summed E-state index contributed by atoms with van der Waals surface area (Å²) in [6, 6.07) is 0. The zero-order chi connectivity index (χ0) is 21.5. The molecule has 0 radical (unpaired) electrons. The van der Waals surface area contributed by atoms with Gasteiger partial charge in [-0.25, -0.2) is 0 Å². The van der Waals surface area contributed by atoms with Gasteiger partial charge in [-0.2, -0.15) is 0 Å². The van der Waals surface area contributed by atoms with Crippen LogP contribution in [0.2, 0.25) is 0 Å². The molecule has 0 aromatic heterocycles. The molecule has 0 heterocycles. The van der Waals surface area contributed by atoms with Crippen molar-refractivity contribution in [2.75, 3.05) is 24.6 Å². The van der Waals surface area contributed by atoms with E-state index in [-0.39, 0.29) is 24.6 Å². The molecular weight excluding hydrogens is 426 g/mol. The minimum atomic E-state index is -7.30. The Morgan fingerprint density at radius 1 is 0.692 bits per heavy atom. The molecule has 0 aliphatic carbocycles. The van der Waals surface area contributed by atoms with Crippen LogP contribution in [0.4, 0.5) is 39.5 Å². The van der Waals surface area contributed by atoms with E-state index >= 15 is 0 Å². The van der Waals surface area contributed by atoms with E-state index in [0.29, 0.717) is 0 Å². The molecule has 0 bridgehead atoms. The summed E-state index contributed by atoms with van der Waals surface area (Å²) in [7, 11) is -6.83. The first-order chi connectivity index (χ1) is 11.3. The van der Waals surface area contributed by atoms with Crippen LogP contribution in [0.25, 0.3) is 0 Å². The Morgan fingerprint density at radius 2 is 1.00 bits per heavy atom. The van der Waals surface area contributed by atoms with Crippen molar-refractivity contribution in [1.29, 1.82) is 0 Å². The van der Waals surface area contributed by atoms with E-state index in [1.807, 2.05) is 0 Å². The van der Waals surface area contributed by atoms with Crippen LogP contribution in [0.3, 0.4) is 0 Å². The Hall–Kier alpha value is -0.290. The van der Waals surface area contributed by atoms with Crippen molar-refractivity contribution in [2.24, 2.45) is 0 Å². The predicted molar refractivity (Wildman–Crippen MR) is 80.0 cm³/mol. The van der Waals surface area contributed by atoms with Crippen LogP contribution >= 0.6 is 6.83 Å². The summed E-state index contributed by atoms with van der Waals surface area (Å²) in [6.45, 7) is 1.27. The first-order valence-electron chi connectivity index (χ1n) is 7.43. The van der Waals surface area contributed by atoms with Crippen LogP contribution in [-0.4, -0.2) is 56.3 Å². The van der Waals surface area contributed by atoms with Gasteiger partial charge in [0, 0.05) is 0 Å². The molecule has 160 valence electrons. The Bertz CT molecular complexity index is 588. The van der Waals surface area contributed by atoms with Crippen molar-refractivity contribution in [3.63, 3.8) is 0 Å². The molecule has 0 rings (SSSR count). The fourth-order valence-electron chi connectivity index (χ4n) is 2.39. The fourth-order valence-corrected chi connectivity index (χ4v) is 9.80. The second-order valence-corrected chi connectivity index (χ2v) is 14.1. The van der Waals surface area contributed by atoms with Crippen molar-refractivity contribution >= 4 is 16.9 Å². The van der Waals surface area contributed by atoms with Crippen LogP contribution in [0, 0.1) is 0 Å². The van der Waals surface area contributed by atoms with Gasteiger partial charge < -0.3 is 0 Å². The minimum absolute atomic E-state index is 0.175. The average Bonchev–Trinajstić information content (AvgIpc) is 2.51. The molecule has 0 fully saturated rings. The quantitative estimate of drug-likeness (QED) is 0.356. The Morgan fingerprint density at radius 3 is 1.23 bits per heavy atom. The first kappa shape index (κ1) is 25.7. The number of hydrogen-bond donors (Lipinski definition) is 0. The zero-order valence-corrected chi connectivity index (χ0v) is 16.0. The van der Waals surface area contributed by atoms with Gasteiger partial charge in [-0.3, -0.25) is 0 Å². The van der Waals surface area contributed by atoms with E-state index in [1.165, 1.54) is 27.7 Å². The van der Waals surface area contributed by atoms with E-state index in [0.717, 1.165) is 0 Å². The van der Waals surface area contributed by atoms with Crippen molar-refractivity contribution in [1.82, 2.24) is 0 Å². The molecule has 0 atom stereocenters. The third-order valence-corrected chi connectivity index (χ3v) is 14.7. The molecule has 0 spiro atoms. The summed E-state index contributed by atoms with van der Waals surface area (Å²) in [5, 5.41) is -6.81. The number of hydrogen-bond acceptors (Lipinski definition) is 3. The van der Waals surface area contributed by atoms with E-state index in [1.54, 1.807) is 0 Å². The number of alkyl halides is 9. The molecule has 26 heavy (non-hydrogen) atoms. The van der Waals surface area contributed by atoms with Crippen LogP contribution in [0.15, 0.2) is 0 Å². The van der Waals surface area contributed by atoms with E-state index in [4.69, 9.17) is 0 Å². The predicted octanol–water partition coefficient (Wildman–Crippen LogP) is 5.31. The summed E-state index contributed by atoms with van der Waals surface area (Å²) >= 11 is 0. The van der Waals surface area contributed by atoms with E-state index < -0.39 is 40.2 Å². The molecule has 0 aromatic carbocycles. The Balaban J connectivity index is 6.46. The molecule has 3 nitrogen and oxygen atoms in total. The zero-order valence-electron chi connectivity index (χ0n) is 14.3. The summed E-state index contributed by atoms with van der Waals surface area (Å²) in [6.07, 6.45) is -7.80. The molecule has 0 aliphatic heterocycles. The van der Waals surface area contributed by atoms with Gasteiger partial charge in [0.25, 0.3) is 0 Å². The monoisotopic (exact) mass is 446 g/mol. The molecule has 0 aromatic rings. The molecule has 0 amide bonds. The topological polar surface area (TPSA) is 43.4 Å². The number of halogens is 9. The van der Waals surface area contributed by atoms with E-state index in [2.05, 4.69) is 3.97 Å². The standard InChI is InChI=1S/C12H20F9O3PS/c1-5-25(6-2,7-3,8-4)24-26(22,23)12(20,21)10(15,16)9(13,14)11(17,18)19/h5-8H2,1-4H3. The van der Waals surface area contributed by atoms with Gasteiger partial charge in [0.15, 0.2) is 0 Å². The number of rotatable bonds is 9. The second kappa shape index (κ2) is 6.95. The van der Waals surface area contributed by atoms with Gasteiger partial charge in [-0.1, -0.05) is 0 Å². The summed E-state index contributed by atoms with van der Waals surface area (Å²) in [4.78, 5) is 0. The van der Waals surface area contributed by atoms with Crippen LogP contribution < -0.4 is 0 Å². The van der Waals surface area contributed by atoms with Gasteiger partial charge in [-0.05, 0) is 0 Å². The van der Waals surface area contributed by atoms with Gasteiger partial charge in [0.2, 0.25) is 0 Å². The fraction of sp³-hybridized carbons (Fsp3) is 1.00. The van der Waals surface area contributed by atoms with Crippen LogP contribution in [-0.2, 0) is 14.1 Å². The van der Waals surface area contributed by atoms with Crippen molar-refractivity contribution in [3.05, 3.63) is 0 Å². The SMILES string of the molecule is CCP(CC)(CC)(CC)OS(=O)(=O)C(F)(F)C(F)(F)C(F)(F)C(F)(F)F. The summed E-state index contributed by atoms with van der Waals surface area (Å²) < 4.78 is 145. The molecule has 0 N–H and O–H groups in total. The average molecular weight is 446 g/mol. The molecule has 0 saturated carbocycles. The Kier molecular flexibility index (Phi) is 6.87. The third-order valence-electron chi connectivity index (χ3n) is 4.94. The van der Waals surface area contributed by atoms with Gasteiger partial charge in [-0.15, -0.1) is 0 Å². The van der Waals surface area contributed by atoms with Crippen LogP contribution in [0.1, 0.15) is 27.7 Å². The normalized spacial score (nSPS) is 17.0. The van der Waals surface area contributed by atoms with E-state index in [9.17, 15) is 47.9 Å². The maximum atomic E-state index is 13.8. The summed E-state index contributed by atoms with van der Waals surface area (Å²) in [5.41, 5.74) is 0. The molecule has 0 saturated heterocycles. The summed E-state index contributed by atoms with van der Waals surface area (Å²) in [5.74, 6) is -14.6. The first-order valence-corrected chi connectivity index (χ1v) is 11.7. The molecule has 14 heteroatoms. The third kappa shape index (κ3) is 3.55. The second-order valence-electron chi connectivity index (χ2n) is 5.81. The van der Waals surface area contributed by atoms with Gasteiger partial charge in [0.05, 0.1) is 0 Å². The molecule has 0 aliphatic rings. The molecule has 0 unspecified atom stereocenters. The molecular formula is C12H20F9O3PS. The van der Waals surface area contributed by atoms with Crippen LogP contribution in [0.5, 0.6) is 0 Å². The van der Waals surface area contributed by atoms with Crippen molar-refractivity contribution < 1.29 is 51.9 Å².